The fourth-order valence-corrected chi connectivity index (χ4v) is 1.74. The number of carbonyl (C=O) groups is 1. The lowest BCUT2D eigenvalue weighted by Crippen LogP contribution is -2.10. The first-order valence-electron chi connectivity index (χ1n) is 5.67. The topological polar surface area (TPSA) is 78.7 Å². The second-order valence-corrected chi connectivity index (χ2v) is 3.94. The average molecular weight is 251 g/mol. The average Bonchev–Trinajstić information content (AvgIpc) is 2.89. The van der Waals surface area contributed by atoms with Crippen molar-refractivity contribution in [2.24, 2.45) is 0 Å². The molecule has 1 aliphatic heterocycles. The molecule has 1 saturated heterocycles. The number of Topliss-reactive ketones (excluding diaryl/α,β-unsaturated/α-hetero) is 1. The van der Waals surface area contributed by atoms with Crippen LogP contribution in [0.25, 0.3) is 0 Å². The van der Waals surface area contributed by atoms with Gasteiger partial charge in [-0.15, -0.1) is 0 Å². The second kappa shape index (κ2) is 5.70. The van der Waals surface area contributed by atoms with E-state index in [-0.39, 0.29) is 17.8 Å². The highest BCUT2D eigenvalue weighted by atomic mass is 16.7. The Labute approximate surface area is 104 Å². The summed E-state index contributed by atoms with van der Waals surface area (Å²) < 4.78 is 10.5. The van der Waals surface area contributed by atoms with Crippen molar-refractivity contribution >= 4 is 11.5 Å². The van der Waals surface area contributed by atoms with Gasteiger partial charge in [-0.3, -0.25) is 14.9 Å². The van der Waals surface area contributed by atoms with E-state index in [0.717, 1.165) is 0 Å². The highest BCUT2D eigenvalue weighted by molar-refractivity contribution is 5.96. The van der Waals surface area contributed by atoms with Gasteiger partial charge >= 0.3 is 0 Å². The molecule has 1 aromatic carbocycles. The molecule has 0 aliphatic carbocycles. The van der Waals surface area contributed by atoms with Gasteiger partial charge in [-0.25, -0.2) is 0 Å². The molecule has 0 aromatic heterocycles. The molecule has 1 heterocycles. The number of rotatable bonds is 5. The van der Waals surface area contributed by atoms with Crippen LogP contribution in [0, 0.1) is 10.1 Å². The lowest BCUT2D eigenvalue weighted by molar-refractivity contribution is -0.384. The van der Waals surface area contributed by atoms with E-state index in [1.165, 1.54) is 24.3 Å². The smallest absolute Gasteiger partial charge is 0.269 e. The minimum Gasteiger partial charge on any atom is -0.350 e. The highest BCUT2D eigenvalue weighted by Crippen LogP contribution is 2.16. The summed E-state index contributed by atoms with van der Waals surface area (Å²) in [5.74, 6) is -0.0657. The van der Waals surface area contributed by atoms with Crippen LogP contribution < -0.4 is 0 Å². The van der Waals surface area contributed by atoms with E-state index < -0.39 is 4.92 Å². The maximum absolute atomic E-state index is 11.8. The minimum atomic E-state index is -0.492. The first-order valence-corrected chi connectivity index (χ1v) is 5.67. The van der Waals surface area contributed by atoms with Gasteiger partial charge in [-0.1, -0.05) is 0 Å². The van der Waals surface area contributed by atoms with Crippen molar-refractivity contribution in [1.82, 2.24) is 0 Å². The molecule has 96 valence electrons. The number of ether oxygens (including phenoxy) is 2. The Bertz CT molecular complexity index is 436. The molecule has 18 heavy (non-hydrogen) atoms. The number of nitro groups is 1. The fourth-order valence-electron chi connectivity index (χ4n) is 1.74. The number of carbonyl (C=O) groups excluding carboxylic acids is 1. The van der Waals surface area contributed by atoms with Crippen LogP contribution in [0.1, 0.15) is 23.2 Å². The molecular formula is C12H13NO5. The molecule has 6 nitrogen and oxygen atoms in total. The van der Waals surface area contributed by atoms with Crippen LogP contribution in [0.5, 0.6) is 0 Å². The predicted octanol–water partition coefficient (Wildman–Crippen LogP) is 1.93. The molecule has 1 fully saturated rings. The summed E-state index contributed by atoms with van der Waals surface area (Å²) in [6.45, 7) is 1.13. The maximum atomic E-state index is 11.8. The van der Waals surface area contributed by atoms with Crippen molar-refractivity contribution in [3.63, 3.8) is 0 Å². The Morgan fingerprint density at radius 3 is 2.44 bits per heavy atom. The molecular weight excluding hydrogens is 238 g/mol. The van der Waals surface area contributed by atoms with E-state index >= 15 is 0 Å². The van der Waals surface area contributed by atoms with Gasteiger partial charge in [-0.05, 0) is 12.1 Å². The van der Waals surface area contributed by atoms with Crippen LogP contribution >= 0.6 is 0 Å². The van der Waals surface area contributed by atoms with Crippen LogP contribution in [-0.4, -0.2) is 30.2 Å². The lowest BCUT2D eigenvalue weighted by Gasteiger charge is -2.07. The summed E-state index contributed by atoms with van der Waals surface area (Å²) in [5, 5.41) is 10.5. The van der Waals surface area contributed by atoms with E-state index in [1.54, 1.807) is 0 Å². The zero-order valence-corrected chi connectivity index (χ0v) is 9.70. The van der Waals surface area contributed by atoms with Crippen molar-refractivity contribution in [3.8, 4) is 0 Å². The number of nitrogens with zero attached hydrogens (tertiary/aromatic N) is 1. The van der Waals surface area contributed by atoms with Crippen LogP contribution in [0.2, 0.25) is 0 Å². The molecule has 0 radical (unpaired) electrons. The summed E-state index contributed by atoms with van der Waals surface area (Å²) in [4.78, 5) is 21.8. The summed E-state index contributed by atoms with van der Waals surface area (Å²) in [6.07, 6.45) is 0.519. The fraction of sp³-hybridized carbons (Fsp3) is 0.417. The molecule has 0 atom stereocenters. The molecule has 0 bridgehead atoms. The van der Waals surface area contributed by atoms with Gasteiger partial charge in [0.15, 0.2) is 12.1 Å². The molecule has 6 heteroatoms. The summed E-state index contributed by atoms with van der Waals surface area (Å²) in [5.41, 5.74) is 0.451. The number of nitro benzene ring substituents is 1. The lowest BCUT2D eigenvalue weighted by atomic mass is 10.1. The SMILES string of the molecule is O=C(CCC1OCCO1)c1ccc([N+](=O)[O-])cc1. The quantitative estimate of drug-likeness (QED) is 0.454. The molecule has 0 saturated carbocycles. The van der Waals surface area contributed by atoms with Crippen molar-refractivity contribution in [2.75, 3.05) is 13.2 Å². The van der Waals surface area contributed by atoms with Gasteiger partial charge in [0.25, 0.3) is 5.69 Å². The zero-order chi connectivity index (χ0) is 13.0. The van der Waals surface area contributed by atoms with Gasteiger partial charge in [-0.2, -0.15) is 0 Å². The van der Waals surface area contributed by atoms with Crippen LogP contribution in [0.3, 0.4) is 0 Å². The number of hydrogen-bond acceptors (Lipinski definition) is 5. The van der Waals surface area contributed by atoms with Gasteiger partial charge in [0.1, 0.15) is 0 Å². The van der Waals surface area contributed by atoms with E-state index in [0.29, 0.717) is 31.6 Å². The Morgan fingerprint density at radius 2 is 1.89 bits per heavy atom. The summed E-state index contributed by atoms with van der Waals surface area (Å²) in [6, 6.07) is 5.60. The molecule has 0 N–H and O–H groups in total. The van der Waals surface area contributed by atoms with Crippen molar-refractivity contribution in [3.05, 3.63) is 39.9 Å². The standard InChI is InChI=1S/C12H13NO5/c14-11(5-6-12-17-7-8-18-12)9-1-3-10(4-2-9)13(15)16/h1-4,12H,5-8H2. The monoisotopic (exact) mass is 251 g/mol. The van der Waals surface area contributed by atoms with Gasteiger partial charge < -0.3 is 9.47 Å². The Hall–Kier alpha value is -1.79. The molecule has 1 aromatic rings. The number of ketones is 1. The van der Waals surface area contributed by atoms with Crippen LogP contribution in [-0.2, 0) is 9.47 Å². The number of benzene rings is 1. The summed E-state index contributed by atoms with van der Waals surface area (Å²) in [7, 11) is 0. The summed E-state index contributed by atoms with van der Waals surface area (Å²) >= 11 is 0. The largest absolute Gasteiger partial charge is 0.350 e. The zero-order valence-electron chi connectivity index (χ0n) is 9.70. The maximum Gasteiger partial charge on any atom is 0.269 e. The normalized spacial score (nSPS) is 15.8. The molecule has 2 rings (SSSR count). The first-order chi connectivity index (χ1) is 8.66. The third kappa shape index (κ3) is 3.12. The predicted molar refractivity (Wildman–Crippen MR) is 62.4 cm³/mol. The van der Waals surface area contributed by atoms with Crippen molar-refractivity contribution in [2.45, 2.75) is 19.1 Å². The van der Waals surface area contributed by atoms with Crippen molar-refractivity contribution in [1.29, 1.82) is 0 Å². The first kappa shape index (κ1) is 12.7. The Balaban J connectivity index is 1.89. The van der Waals surface area contributed by atoms with Gasteiger partial charge in [0, 0.05) is 30.5 Å². The minimum absolute atomic E-state index is 0.0194. The molecule has 0 spiro atoms. The van der Waals surface area contributed by atoms with E-state index in [4.69, 9.17) is 9.47 Å². The van der Waals surface area contributed by atoms with Crippen LogP contribution in [0.4, 0.5) is 5.69 Å². The molecule has 0 unspecified atom stereocenters. The third-order valence-corrected chi connectivity index (χ3v) is 2.70. The molecule has 1 aliphatic rings. The Morgan fingerprint density at radius 1 is 1.28 bits per heavy atom. The Kier molecular flexibility index (Phi) is 4.01. The molecule has 0 amide bonds. The third-order valence-electron chi connectivity index (χ3n) is 2.70. The van der Waals surface area contributed by atoms with Crippen LogP contribution in [0.15, 0.2) is 24.3 Å². The second-order valence-electron chi connectivity index (χ2n) is 3.94. The number of non-ortho nitro benzene ring substituents is 1. The number of hydrogen-bond donors (Lipinski definition) is 0. The van der Waals surface area contributed by atoms with Gasteiger partial charge in [0.2, 0.25) is 0 Å². The van der Waals surface area contributed by atoms with Gasteiger partial charge in [0.05, 0.1) is 18.1 Å². The van der Waals surface area contributed by atoms with Crippen molar-refractivity contribution < 1.29 is 19.2 Å². The highest BCUT2D eigenvalue weighted by Gasteiger charge is 2.18. The van der Waals surface area contributed by atoms with E-state index in [9.17, 15) is 14.9 Å². The van der Waals surface area contributed by atoms with E-state index in [1.807, 2.05) is 0 Å². The van der Waals surface area contributed by atoms with E-state index in [2.05, 4.69) is 0 Å².